The highest BCUT2D eigenvalue weighted by molar-refractivity contribution is 7.26. The normalized spacial score (nSPS) is 11.7. The van der Waals surface area contributed by atoms with Crippen LogP contribution in [0, 0.1) is 0 Å². The minimum Gasteiger partial charge on any atom is -0.247 e. The van der Waals surface area contributed by atoms with E-state index in [1.54, 1.807) is 0 Å². The average molecular weight is 768 g/mol. The standard InChI is InChI=1S/C55H33N3S/c1-3-18-40-35(12-1)14-10-22-42(40)49-33-50(43-23-11-15-36-13-2-4-19-41(36)43)58-55(57-49)37-28-26-34(27-29-37)38-16-9-17-39(32-38)53-47-31-30-45-44-20-6-8-25-51(44)59-54(45)52(47)46-21-5-7-24-48(46)56-53/h1-33H. The molecule has 0 atom stereocenters. The summed E-state index contributed by atoms with van der Waals surface area (Å²) in [5.41, 5.74) is 10.3. The van der Waals surface area contributed by atoms with Gasteiger partial charge in [0.05, 0.1) is 22.6 Å². The largest absolute Gasteiger partial charge is 0.247 e. The summed E-state index contributed by atoms with van der Waals surface area (Å²) in [6, 6.07) is 71.3. The Morgan fingerprint density at radius 1 is 0.339 bits per heavy atom. The van der Waals surface area contributed by atoms with Crippen LogP contribution >= 0.6 is 11.3 Å². The second-order valence-electron chi connectivity index (χ2n) is 15.1. The molecular formula is C55H33N3S. The number of pyridine rings is 1. The van der Waals surface area contributed by atoms with Crippen LogP contribution < -0.4 is 0 Å². The van der Waals surface area contributed by atoms with E-state index >= 15 is 0 Å². The fourth-order valence-corrected chi connectivity index (χ4v) is 10.1. The number of fused-ring (bicyclic) bond motifs is 9. The lowest BCUT2D eigenvalue weighted by Crippen LogP contribution is -1.97. The van der Waals surface area contributed by atoms with Gasteiger partial charge in [0.25, 0.3) is 0 Å². The van der Waals surface area contributed by atoms with Crippen molar-refractivity contribution in [1.29, 1.82) is 0 Å². The van der Waals surface area contributed by atoms with Crippen molar-refractivity contribution < 1.29 is 0 Å². The summed E-state index contributed by atoms with van der Waals surface area (Å²) in [5.74, 6) is 0.693. The zero-order valence-electron chi connectivity index (χ0n) is 31.8. The predicted octanol–water partition coefficient (Wildman–Crippen LogP) is 15.2. The fraction of sp³-hybridized carbons (Fsp3) is 0. The van der Waals surface area contributed by atoms with Crippen molar-refractivity contribution in [3.8, 4) is 56.3 Å². The van der Waals surface area contributed by atoms with E-state index in [1.165, 1.54) is 57.9 Å². The molecule has 0 aliphatic rings. The van der Waals surface area contributed by atoms with Crippen LogP contribution in [0.5, 0.6) is 0 Å². The lowest BCUT2D eigenvalue weighted by molar-refractivity contribution is 1.19. The minimum atomic E-state index is 0.693. The number of aromatic nitrogens is 3. The van der Waals surface area contributed by atoms with Crippen molar-refractivity contribution in [3.63, 3.8) is 0 Å². The van der Waals surface area contributed by atoms with Crippen molar-refractivity contribution in [2.75, 3.05) is 0 Å². The van der Waals surface area contributed by atoms with E-state index in [9.17, 15) is 0 Å². The number of hydrogen-bond acceptors (Lipinski definition) is 4. The number of thiophene rings is 1. The van der Waals surface area contributed by atoms with Crippen LogP contribution in [-0.2, 0) is 0 Å². The van der Waals surface area contributed by atoms with Crippen LogP contribution in [0.1, 0.15) is 0 Å². The summed E-state index contributed by atoms with van der Waals surface area (Å²) in [4.78, 5) is 15.8. The van der Waals surface area contributed by atoms with E-state index < -0.39 is 0 Å². The molecule has 0 radical (unpaired) electrons. The Bertz CT molecular complexity index is 3510. The molecule has 274 valence electrons. The molecule has 0 aliphatic carbocycles. The van der Waals surface area contributed by atoms with Gasteiger partial charge < -0.3 is 0 Å². The van der Waals surface area contributed by atoms with Gasteiger partial charge in [-0.15, -0.1) is 11.3 Å². The van der Waals surface area contributed by atoms with E-state index in [4.69, 9.17) is 15.0 Å². The maximum Gasteiger partial charge on any atom is 0.160 e. The van der Waals surface area contributed by atoms with Crippen molar-refractivity contribution in [3.05, 3.63) is 200 Å². The lowest BCUT2D eigenvalue weighted by atomic mass is 9.95. The third-order valence-electron chi connectivity index (χ3n) is 11.7. The Morgan fingerprint density at radius 3 is 1.63 bits per heavy atom. The summed E-state index contributed by atoms with van der Waals surface area (Å²) in [5, 5.41) is 10.9. The highest BCUT2D eigenvalue weighted by atomic mass is 32.1. The van der Waals surface area contributed by atoms with Gasteiger partial charge in [-0.3, -0.25) is 0 Å². The summed E-state index contributed by atoms with van der Waals surface area (Å²) in [7, 11) is 0. The molecule has 4 heteroatoms. The number of hydrogen-bond donors (Lipinski definition) is 0. The maximum absolute atomic E-state index is 5.32. The van der Waals surface area contributed by atoms with Crippen molar-refractivity contribution in [2.24, 2.45) is 0 Å². The van der Waals surface area contributed by atoms with E-state index in [0.29, 0.717) is 5.82 Å². The second kappa shape index (κ2) is 13.6. The first-order valence-electron chi connectivity index (χ1n) is 19.9. The minimum absolute atomic E-state index is 0.693. The third-order valence-corrected chi connectivity index (χ3v) is 12.9. The molecule has 0 unspecified atom stereocenters. The number of nitrogens with zero attached hydrogens (tertiary/aromatic N) is 3. The number of rotatable bonds is 5. The van der Waals surface area contributed by atoms with Gasteiger partial charge in [-0.05, 0) is 56.9 Å². The molecule has 0 fully saturated rings. The van der Waals surface area contributed by atoms with Crippen LogP contribution in [0.15, 0.2) is 200 Å². The third kappa shape index (κ3) is 5.60. The molecule has 12 aromatic rings. The predicted molar refractivity (Wildman–Crippen MR) is 250 cm³/mol. The van der Waals surface area contributed by atoms with Gasteiger partial charge >= 0.3 is 0 Å². The van der Waals surface area contributed by atoms with Crippen molar-refractivity contribution in [2.45, 2.75) is 0 Å². The molecule has 3 heterocycles. The molecule has 3 aromatic heterocycles. The highest BCUT2D eigenvalue weighted by Crippen LogP contribution is 2.44. The molecule has 0 bridgehead atoms. The van der Waals surface area contributed by atoms with Crippen molar-refractivity contribution in [1.82, 2.24) is 15.0 Å². The van der Waals surface area contributed by atoms with E-state index in [-0.39, 0.29) is 0 Å². The second-order valence-corrected chi connectivity index (χ2v) is 16.2. The van der Waals surface area contributed by atoms with Crippen LogP contribution in [-0.4, -0.2) is 15.0 Å². The molecule has 0 saturated heterocycles. The first kappa shape index (κ1) is 33.6. The van der Waals surface area contributed by atoms with Gasteiger partial charge in [0.2, 0.25) is 0 Å². The first-order valence-corrected chi connectivity index (χ1v) is 20.7. The molecule has 0 spiro atoms. The summed E-state index contributed by atoms with van der Waals surface area (Å²) < 4.78 is 2.61. The Morgan fingerprint density at radius 2 is 0.898 bits per heavy atom. The SMILES string of the molecule is c1cc(-c2ccc(-c3nc(-c4cccc5ccccc45)cc(-c4cccc5ccccc45)n3)cc2)cc(-c2nc3ccccc3c3c2ccc2c4ccccc4sc23)c1. The maximum atomic E-state index is 5.32. The lowest BCUT2D eigenvalue weighted by Gasteiger charge is -2.13. The first-order chi connectivity index (χ1) is 29.2. The smallest absolute Gasteiger partial charge is 0.160 e. The van der Waals surface area contributed by atoms with Gasteiger partial charge in [-0.1, -0.05) is 176 Å². The van der Waals surface area contributed by atoms with Gasteiger partial charge in [-0.2, -0.15) is 0 Å². The van der Waals surface area contributed by atoms with E-state index in [0.717, 1.165) is 56.0 Å². The van der Waals surface area contributed by atoms with Crippen LogP contribution in [0.25, 0.3) is 120 Å². The zero-order valence-corrected chi connectivity index (χ0v) is 32.6. The van der Waals surface area contributed by atoms with Crippen LogP contribution in [0.2, 0.25) is 0 Å². The van der Waals surface area contributed by atoms with Crippen LogP contribution in [0.4, 0.5) is 0 Å². The Kier molecular flexibility index (Phi) is 7.72. The molecule has 59 heavy (non-hydrogen) atoms. The average Bonchev–Trinajstić information content (AvgIpc) is 3.70. The van der Waals surface area contributed by atoms with Gasteiger partial charge in [0, 0.05) is 58.6 Å². The molecule has 0 amide bonds. The monoisotopic (exact) mass is 767 g/mol. The highest BCUT2D eigenvalue weighted by Gasteiger charge is 2.18. The Balaban J connectivity index is 0.977. The van der Waals surface area contributed by atoms with Crippen LogP contribution in [0.3, 0.4) is 0 Å². The Labute approximate surface area is 344 Å². The number of benzene rings is 9. The summed E-state index contributed by atoms with van der Waals surface area (Å²) >= 11 is 1.87. The molecule has 0 N–H and O–H groups in total. The quantitative estimate of drug-likeness (QED) is 0.164. The van der Waals surface area contributed by atoms with Gasteiger partial charge in [0.15, 0.2) is 5.82 Å². The molecular weight excluding hydrogens is 735 g/mol. The van der Waals surface area contributed by atoms with Gasteiger partial charge in [-0.25, -0.2) is 15.0 Å². The Hall–Kier alpha value is -7.53. The molecule has 9 aromatic carbocycles. The molecule has 0 aliphatic heterocycles. The van der Waals surface area contributed by atoms with E-state index in [1.807, 2.05) is 11.3 Å². The molecule has 3 nitrogen and oxygen atoms in total. The van der Waals surface area contributed by atoms with Crippen molar-refractivity contribution >= 4 is 74.7 Å². The van der Waals surface area contributed by atoms with E-state index in [2.05, 4.69) is 200 Å². The molecule has 0 saturated carbocycles. The summed E-state index contributed by atoms with van der Waals surface area (Å²) in [6.07, 6.45) is 0. The fourth-order valence-electron chi connectivity index (χ4n) is 8.84. The van der Waals surface area contributed by atoms with Gasteiger partial charge in [0.1, 0.15) is 0 Å². The summed E-state index contributed by atoms with van der Waals surface area (Å²) in [6.45, 7) is 0. The topological polar surface area (TPSA) is 38.7 Å². The number of para-hydroxylation sites is 1. The zero-order chi connectivity index (χ0) is 38.9. The molecule has 12 rings (SSSR count).